The number of benzene rings is 1. The molecule has 1 saturated heterocycles. The standard InChI is InChI=1S/C14H16BrNO4/c1-3-19-12(17)8-16-13(18)9(2)20-14(16)10-6-4-5-7-11(10)15/h4-7,9,14H,3,8H2,1-2H3/t9-,14+/m0/s1. The van der Waals surface area contributed by atoms with Crippen LogP contribution in [0.3, 0.4) is 0 Å². The zero-order chi connectivity index (χ0) is 14.7. The second-order valence-corrected chi connectivity index (χ2v) is 5.28. The fraction of sp³-hybridized carbons (Fsp3) is 0.429. The Balaban J connectivity index is 2.24. The molecular weight excluding hydrogens is 326 g/mol. The Hall–Kier alpha value is -1.40. The normalized spacial score (nSPS) is 22.1. The zero-order valence-corrected chi connectivity index (χ0v) is 12.9. The van der Waals surface area contributed by atoms with Crippen LogP contribution in [0.25, 0.3) is 0 Å². The Morgan fingerprint density at radius 1 is 1.45 bits per heavy atom. The van der Waals surface area contributed by atoms with Crippen molar-refractivity contribution < 1.29 is 19.1 Å². The first kappa shape index (κ1) is 15.0. The molecule has 0 N–H and O–H groups in total. The van der Waals surface area contributed by atoms with E-state index >= 15 is 0 Å². The first-order valence-corrected chi connectivity index (χ1v) is 7.20. The number of hydrogen-bond donors (Lipinski definition) is 0. The van der Waals surface area contributed by atoms with Crippen LogP contribution in [0.15, 0.2) is 28.7 Å². The number of nitrogens with zero attached hydrogens (tertiary/aromatic N) is 1. The van der Waals surface area contributed by atoms with Crippen molar-refractivity contribution >= 4 is 27.8 Å². The van der Waals surface area contributed by atoms with Crippen LogP contribution >= 0.6 is 15.9 Å². The van der Waals surface area contributed by atoms with Gasteiger partial charge in [0.25, 0.3) is 5.91 Å². The maximum absolute atomic E-state index is 12.1. The molecule has 2 rings (SSSR count). The van der Waals surface area contributed by atoms with Crippen LogP contribution in [0.4, 0.5) is 0 Å². The average molecular weight is 342 g/mol. The van der Waals surface area contributed by atoms with E-state index in [1.807, 2.05) is 24.3 Å². The molecular formula is C14H16BrNO4. The lowest BCUT2D eigenvalue weighted by molar-refractivity contribution is -0.149. The number of carbonyl (C=O) groups is 2. The highest BCUT2D eigenvalue weighted by molar-refractivity contribution is 9.10. The Bertz CT molecular complexity index is 520. The Morgan fingerprint density at radius 2 is 2.15 bits per heavy atom. The highest BCUT2D eigenvalue weighted by Crippen LogP contribution is 2.34. The van der Waals surface area contributed by atoms with Crippen molar-refractivity contribution in [3.8, 4) is 0 Å². The SMILES string of the molecule is CCOC(=O)CN1C(=O)[C@H](C)O[C@@H]1c1ccccc1Br. The lowest BCUT2D eigenvalue weighted by atomic mass is 10.2. The molecule has 0 saturated carbocycles. The van der Waals surface area contributed by atoms with Crippen molar-refractivity contribution in [2.75, 3.05) is 13.2 Å². The summed E-state index contributed by atoms with van der Waals surface area (Å²) in [7, 11) is 0. The number of amides is 1. The van der Waals surface area contributed by atoms with Gasteiger partial charge in [-0.25, -0.2) is 0 Å². The third-order valence-electron chi connectivity index (χ3n) is 3.02. The molecule has 2 atom stereocenters. The molecule has 1 aliphatic rings. The lowest BCUT2D eigenvalue weighted by Gasteiger charge is -2.23. The Morgan fingerprint density at radius 3 is 2.80 bits per heavy atom. The molecule has 0 bridgehead atoms. The maximum atomic E-state index is 12.1. The van der Waals surface area contributed by atoms with Gasteiger partial charge in [0.05, 0.1) is 6.61 Å². The minimum Gasteiger partial charge on any atom is -0.465 e. The van der Waals surface area contributed by atoms with Gasteiger partial charge in [-0.15, -0.1) is 0 Å². The monoisotopic (exact) mass is 341 g/mol. The van der Waals surface area contributed by atoms with E-state index in [1.54, 1.807) is 13.8 Å². The van der Waals surface area contributed by atoms with Crippen molar-refractivity contribution in [3.05, 3.63) is 34.3 Å². The van der Waals surface area contributed by atoms with Gasteiger partial charge in [0.2, 0.25) is 0 Å². The van der Waals surface area contributed by atoms with Crippen LogP contribution in [0.5, 0.6) is 0 Å². The summed E-state index contributed by atoms with van der Waals surface area (Å²) in [6.45, 7) is 3.59. The summed E-state index contributed by atoms with van der Waals surface area (Å²) >= 11 is 3.44. The number of esters is 1. The van der Waals surface area contributed by atoms with Crippen LogP contribution in [-0.4, -0.2) is 36.0 Å². The third kappa shape index (κ3) is 3.02. The molecule has 0 aliphatic carbocycles. The third-order valence-corrected chi connectivity index (χ3v) is 3.75. The summed E-state index contributed by atoms with van der Waals surface area (Å²) < 4.78 is 11.4. The first-order valence-electron chi connectivity index (χ1n) is 6.40. The molecule has 1 aromatic rings. The first-order chi connectivity index (χ1) is 9.54. The zero-order valence-electron chi connectivity index (χ0n) is 11.3. The average Bonchev–Trinajstić information content (AvgIpc) is 2.68. The highest BCUT2D eigenvalue weighted by atomic mass is 79.9. The van der Waals surface area contributed by atoms with Gasteiger partial charge >= 0.3 is 5.97 Å². The molecule has 1 aromatic carbocycles. The van der Waals surface area contributed by atoms with Crippen molar-refractivity contribution in [1.82, 2.24) is 4.90 Å². The van der Waals surface area contributed by atoms with Gasteiger partial charge in [-0.3, -0.25) is 14.5 Å². The smallest absolute Gasteiger partial charge is 0.325 e. The number of carbonyl (C=O) groups excluding carboxylic acids is 2. The fourth-order valence-corrected chi connectivity index (χ4v) is 2.58. The van der Waals surface area contributed by atoms with E-state index < -0.39 is 18.3 Å². The van der Waals surface area contributed by atoms with E-state index in [9.17, 15) is 9.59 Å². The lowest BCUT2D eigenvalue weighted by Crippen LogP contribution is -2.35. The summed E-state index contributed by atoms with van der Waals surface area (Å²) in [5.41, 5.74) is 0.814. The molecule has 108 valence electrons. The van der Waals surface area contributed by atoms with Gasteiger partial charge in [0.1, 0.15) is 12.6 Å². The topological polar surface area (TPSA) is 55.8 Å². The van der Waals surface area contributed by atoms with Gasteiger partial charge in [0, 0.05) is 10.0 Å². The molecule has 0 spiro atoms. The predicted molar refractivity (Wildman–Crippen MR) is 75.8 cm³/mol. The van der Waals surface area contributed by atoms with E-state index in [4.69, 9.17) is 9.47 Å². The molecule has 0 aromatic heterocycles. The van der Waals surface area contributed by atoms with Gasteiger partial charge in [-0.2, -0.15) is 0 Å². The maximum Gasteiger partial charge on any atom is 0.325 e. The van der Waals surface area contributed by atoms with Crippen LogP contribution in [-0.2, 0) is 19.1 Å². The number of rotatable bonds is 4. The van der Waals surface area contributed by atoms with Crippen molar-refractivity contribution in [2.24, 2.45) is 0 Å². The minimum absolute atomic E-state index is 0.108. The van der Waals surface area contributed by atoms with E-state index in [0.717, 1.165) is 10.0 Å². The molecule has 1 heterocycles. The predicted octanol–water partition coefficient (Wildman–Crippen LogP) is 2.26. The highest BCUT2D eigenvalue weighted by Gasteiger charge is 2.40. The summed E-state index contributed by atoms with van der Waals surface area (Å²) in [5, 5.41) is 0. The molecule has 1 fully saturated rings. The van der Waals surface area contributed by atoms with E-state index in [-0.39, 0.29) is 19.1 Å². The number of halogens is 1. The summed E-state index contributed by atoms with van der Waals surface area (Å²) in [4.78, 5) is 25.2. The van der Waals surface area contributed by atoms with E-state index in [1.165, 1.54) is 4.90 Å². The van der Waals surface area contributed by atoms with Crippen LogP contribution in [0, 0.1) is 0 Å². The van der Waals surface area contributed by atoms with Gasteiger partial charge in [0.15, 0.2) is 6.23 Å². The van der Waals surface area contributed by atoms with Crippen LogP contribution < -0.4 is 0 Å². The largest absolute Gasteiger partial charge is 0.465 e. The molecule has 0 unspecified atom stereocenters. The molecule has 1 amide bonds. The van der Waals surface area contributed by atoms with Crippen molar-refractivity contribution in [2.45, 2.75) is 26.2 Å². The Labute approximate surface area is 126 Å². The molecule has 1 aliphatic heterocycles. The fourth-order valence-electron chi connectivity index (χ4n) is 2.10. The van der Waals surface area contributed by atoms with Crippen LogP contribution in [0.2, 0.25) is 0 Å². The number of hydrogen-bond acceptors (Lipinski definition) is 4. The van der Waals surface area contributed by atoms with E-state index in [2.05, 4.69) is 15.9 Å². The van der Waals surface area contributed by atoms with Gasteiger partial charge < -0.3 is 9.47 Å². The molecule has 20 heavy (non-hydrogen) atoms. The second-order valence-electron chi connectivity index (χ2n) is 4.42. The van der Waals surface area contributed by atoms with E-state index in [0.29, 0.717) is 0 Å². The minimum atomic E-state index is -0.572. The van der Waals surface area contributed by atoms with Gasteiger partial charge in [-0.05, 0) is 19.9 Å². The molecule has 5 nitrogen and oxygen atoms in total. The second kappa shape index (κ2) is 6.37. The molecule has 6 heteroatoms. The Kier molecular flexibility index (Phi) is 4.77. The quantitative estimate of drug-likeness (QED) is 0.788. The summed E-state index contributed by atoms with van der Waals surface area (Å²) in [5.74, 6) is -0.644. The summed E-state index contributed by atoms with van der Waals surface area (Å²) in [6, 6.07) is 7.47. The summed E-state index contributed by atoms with van der Waals surface area (Å²) in [6.07, 6.45) is -1.14. The van der Waals surface area contributed by atoms with Gasteiger partial charge in [-0.1, -0.05) is 34.1 Å². The number of ether oxygens (including phenoxy) is 2. The van der Waals surface area contributed by atoms with Crippen LogP contribution in [0.1, 0.15) is 25.6 Å². The molecule has 0 radical (unpaired) electrons. The van der Waals surface area contributed by atoms with Crippen molar-refractivity contribution in [1.29, 1.82) is 0 Å². The van der Waals surface area contributed by atoms with Crippen molar-refractivity contribution in [3.63, 3.8) is 0 Å².